The lowest BCUT2D eigenvalue weighted by Gasteiger charge is -2.15. The molecule has 1 fully saturated rings. The van der Waals surface area contributed by atoms with Crippen molar-refractivity contribution in [2.45, 2.75) is 18.9 Å². The number of nitrogens with zero attached hydrogens (tertiary/aromatic N) is 1. The minimum Gasteiger partial charge on any atom is -0.508 e. The largest absolute Gasteiger partial charge is 0.508 e. The van der Waals surface area contributed by atoms with E-state index in [1.54, 1.807) is 36.4 Å². The number of nitrogens with one attached hydrogen (secondary N) is 2. The molecule has 0 aromatic heterocycles. The maximum absolute atomic E-state index is 12.9. The monoisotopic (exact) mass is 403 g/mol. The van der Waals surface area contributed by atoms with Crippen molar-refractivity contribution in [3.8, 4) is 5.75 Å². The highest BCUT2D eigenvalue weighted by Crippen LogP contribution is 2.29. The number of urea groups is 1. The number of carbonyl (C=O) groups is 3. The molecule has 4 amide bonds. The predicted molar refractivity (Wildman–Crippen MR) is 113 cm³/mol. The quantitative estimate of drug-likeness (QED) is 0.551. The third kappa shape index (κ3) is 3.96. The van der Waals surface area contributed by atoms with Crippen LogP contribution in [0.1, 0.15) is 12.0 Å². The van der Waals surface area contributed by atoms with Gasteiger partial charge in [-0.05, 0) is 35.6 Å². The first-order valence-electron chi connectivity index (χ1n) is 9.70. The molecule has 1 saturated heterocycles. The number of carbonyl (C=O) groups excluding carboxylic acids is 3. The summed E-state index contributed by atoms with van der Waals surface area (Å²) in [4.78, 5) is 38.7. The summed E-state index contributed by atoms with van der Waals surface area (Å²) in [5.41, 5.74) is 1.48. The average Bonchev–Trinajstić information content (AvgIpc) is 3.02. The number of imide groups is 1. The molecule has 0 aliphatic carbocycles. The number of benzene rings is 3. The topological polar surface area (TPSA) is 98.7 Å². The van der Waals surface area contributed by atoms with Crippen LogP contribution in [0.15, 0.2) is 66.7 Å². The maximum atomic E-state index is 12.9. The van der Waals surface area contributed by atoms with Gasteiger partial charge in [0.15, 0.2) is 0 Å². The molecule has 1 aliphatic heterocycles. The molecule has 1 aliphatic rings. The lowest BCUT2D eigenvalue weighted by Crippen LogP contribution is -2.37. The molecule has 0 bridgehead atoms. The smallest absolute Gasteiger partial charge is 0.329 e. The van der Waals surface area contributed by atoms with E-state index in [9.17, 15) is 19.5 Å². The molecule has 30 heavy (non-hydrogen) atoms. The summed E-state index contributed by atoms with van der Waals surface area (Å²) in [7, 11) is 0. The summed E-state index contributed by atoms with van der Waals surface area (Å²) in [5.74, 6) is -0.564. The summed E-state index contributed by atoms with van der Waals surface area (Å²) >= 11 is 0. The van der Waals surface area contributed by atoms with E-state index in [-0.39, 0.29) is 18.1 Å². The Morgan fingerprint density at radius 3 is 2.53 bits per heavy atom. The second-order valence-electron chi connectivity index (χ2n) is 7.14. The zero-order valence-corrected chi connectivity index (χ0v) is 16.2. The van der Waals surface area contributed by atoms with E-state index in [0.29, 0.717) is 18.7 Å². The van der Waals surface area contributed by atoms with Gasteiger partial charge in [0.2, 0.25) is 5.91 Å². The fraction of sp³-hybridized carbons (Fsp3) is 0.174. The number of fused-ring (bicyclic) bond motifs is 1. The van der Waals surface area contributed by atoms with Crippen molar-refractivity contribution in [3.05, 3.63) is 72.3 Å². The minimum atomic E-state index is -0.898. The summed E-state index contributed by atoms with van der Waals surface area (Å²) in [6.07, 6.45) is 0.473. The first-order chi connectivity index (χ1) is 14.5. The van der Waals surface area contributed by atoms with Crippen molar-refractivity contribution in [1.29, 1.82) is 0 Å². The van der Waals surface area contributed by atoms with Crippen molar-refractivity contribution < 1.29 is 19.5 Å². The van der Waals surface area contributed by atoms with Crippen molar-refractivity contribution in [2.24, 2.45) is 0 Å². The molecule has 7 heteroatoms. The zero-order chi connectivity index (χ0) is 21.1. The van der Waals surface area contributed by atoms with E-state index < -0.39 is 18.0 Å². The first kappa shape index (κ1) is 19.4. The number of hydrogen-bond acceptors (Lipinski definition) is 4. The molecular formula is C23H21N3O4. The van der Waals surface area contributed by atoms with Gasteiger partial charge in [0.1, 0.15) is 11.8 Å². The molecular weight excluding hydrogens is 382 g/mol. The predicted octanol–water partition coefficient (Wildman–Crippen LogP) is 2.72. The highest BCUT2D eigenvalue weighted by molar-refractivity contribution is 6.24. The zero-order valence-electron chi connectivity index (χ0n) is 16.2. The molecule has 3 aromatic carbocycles. The Balaban J connectivity index is 1.39. The lowest BCUT2D eigenvalue weighted by molar-refractivity contribution is -0.125. The highest BCUT2D eigenvalue weighted by Gasteiger charge is 2.40. The van der Waals surface area contributed by atoms with Crippen molar-refractivity contribution in [2.75, 3.05) is 11.4 Å². The summed E-state index contributed by atoms with van der Waals surface area (Å²) in [6.45, 7) is 0.394. The Bertz CT molecular complexity index is 1110. The molecule has 1 heterocycles. The van der Waals surface area contributed by atoms with Gasteiger partial charge in [0.05, 0.1) is 12.1 Å². The van der Waals surface area contributed by atoms with E-state index in [2.05, 4.69) is 10.6 Å². The van der Waals surface area contributed by atoms with Crippen LogP contribution in [0.3, 0.4) is 0 Å². The van der Waals surface area contributed by atoms with Gasteiger partial charge in [0, 0.05) is 11.9 Å². The van der Waals surface area contributed by atoms with Crippen LogP contribution in [0.5, 0.6) is 5.75 Å². The third-order valence-electron chi connectivity index (χ3n) is 5.09. The number of hydrogen-bond donors (Lipinski definition) is 3. The van der Waals surface area contributed by atoms with E-state index in [4.69, 9.17) is 0 Å². The summed E-state index contributed by atoms with van der Waals surface area (Å²) in [6, 6.07) is 18.3. The van der Waals surface area contributed by atoms with Crippen LogP contribution in [0.25, 0.3) is 10.8 Å². The molecule has 0 saturated carbocycles. The molecule has 3 aromatic rings. The Hall–Kier alpha value is -3.87. The summed E-state index contributed by atoms with van der Waals surface area (Å²) < 4.78 is 0. The maximum Gasteiger partial charge on any atom is 0.329 e. The average molecular weight is 403 g/mol. The Morgan fingerprint density at radius 1 is 1.00 bits per heavy atom. The molecule has 1 unspecified atom stereocenters. The van der Waals surface area contributed by atoms with Gasteiger partial charge >= 0.3 is 6.03 Å². The van der Waals surface area contributed by atoms with Gasteiger partial charge in [-0.3, -0.25) is 9.59 Å². The van der Waals surface area contributed by atoms with Crippen LogP contribution in [0, 0.1) is 0 Å². The SMILES string of the molecule is O=C(CC1NC(=O)N(c2cccc3ccccc23)C1=O)NCCc1ccc(O)cc1. The van der Waals surface area contributed by atoms with Crippen LogP contribution in [0.4, 0.5) is 10.5 Å². The van der Waals surface area contributed by atoms with E-state index in [1.807, 2.05) is 30.3 Å². The number of anilines is 1. The normalized spacial score (nSPS) is 16.0. The van der Waals surface area contributed by atoms with Crippen LogP contribution in [-0.2, 0) is 16.0 Å². The van der Waals surface area contributed by atoms with Gasteiger partial charge in [-0.25, -0.2) is 9.69 Å². The number of rotatable bonds is 6. The second kappa shape index (κ2) is 8.24. The molecule has 152 valence electrons. The molecule has 0 radical (unpaired) electrons. The standard InChI is InChI=1S/C23H21N3O4/c27-17-10-8-15(9-11-17)12-13-24-21(28)14-19-22(29)26(23(30)25-19)20-7-3-5-16-4-1-2-6-18(16)20/h1-11,19,27H,12-14H2,(H,24,28)(H,25,30). The van der Waals surface area contributed by atoms with Gasteiger partial charge in [0.25, 0.3) is 5.91 Å². The second-order valence-corrected chi connectivity index (χ2v) is 7.14. The van der Waals surface area contributed by atoms with Crippen LogP contribution in [-0.4, -0.2) is 35.5 Å². The van der Waals surface area contributed by atoms with Crippen molar-refractivity contribution >= 4 is 34.3 Å². The van der Waals surface area contributed by atoms with Gasteiger partial charge in [-0.15, -0.1) is 0 Å². The van der Waals surface area contributed by atoms with E-state index >= 15 is 0 Å². The molecule has 7 nitrogen and oxygen atoms in total. The summed E-state index contributed by atoms with van der Waals surface area (Å²) in [5, 5.41) is 16.4. The number of phenols is 1. The Labute approximate surface area is 173 Å². The molecule has 1 atom stereocenters. The van der Waals surface area contributed by atoms with E-state index in [0.717, 1.165) is 21.2 Å². The number of amides is 4. The highest BCUT2D eigenvalue weighted by atomic mass is 16.3. The number of aromatic hydroxyl groups is 1. The van der Waals surface area contributed by atoms with Gasteiger partial charge < -0.3 is 15.7 Å². The van der Waals surface area contributed by atoms with Gasteiger partial charge in [-0.2, -0.15) is 0 Å². The van der Waals surface area contributed by atoms with Crippen LogP contribution in [0.2, 0.25) is 0 Å². The lowest BCUT2D eigenvalue weighted by atomic mass is 10.1. The Kier molecular flexibility index (Phi) is 5.34. The Morgan fingerprint density at radius 2 is 1.73 bits per heavy atom. The third-order valence-corrected chi connectivity index (χ3v) is 5.09. The van der Waals surface area contributed by atoms with Crippen molar-refractivity contribution in [3.63, 3.8) is 0 Å². The van der Waals surface area contributed by atoms with Crippen LogP contribution < -0.4 is 15.5 Å². The van der Waals surface area contributed by atoms with Crippen molar-refractivity contribution in [1.82, 2.24) is 10.6 Å². The minimum absolute atomic E-state index is 0.124. The molecule has 3 N–H and O–H groups in total. The van der Waals surface area contributed by atoms with Gasteiger partial charge in [-0.1, -0.05) is 48.5 Å². The first-order valence-corrected chi connectivity index (χ1v) is 9.70. The number of phenolic OH excluding ortho intramolecular Hbond substituents is 1. The fourth-order valence-electron chi connectivity index (χ4n) is 3.57. The van der Waals surface area contributed by atoms with E-state index in [1.165, 1.54) is 0 Å². The fourth-order valence-corrected chi connectivity index (χ4v) is 3.57. The van der Waals surface area contributed by atoms with Crippen LogP contribution >= 0.6 is 0 Å². The molecule has 0 spiro atoms. The molecule has 4 rings (SSSR count).